The van der Waals surface area contributed by atoms with Gasteiger partial charge in [0.25, 0.3) is 0 Å². The first-order valence-corrected chi connectivity index (χ1v) is 4.60. The number of allylic oxidation sites excluding steroid dienone is 1. The highest BCUT2D eigenvalue weighted by Gasteiger charge is 1.94. The summed E-state index contributed by atoms with van der Waals surface area (Å²) in [6, 6.07) is 0. The van der Waals surface area contributed by atoms with Gasteiger partial charge in [-0.05, 0) is 12.5 Å². The van der Waals surface area contributed by atoms with Gasteiger partial charge in [-0.15, -0.1) is 0 Å². The Balaban J connectivity index is 0. The van der Waals surface area contributed by atoms with E-state index >= 15 is 0 Å². The zero-order valence-electron chi connectivity index (χ0n) is 8.95. The Kier molecular flexibility index (Phi) is 11.8. The van der Waals surface area contributed by atoms with E-state index < -0.39 is 0 Å². The summed E-state index contributed by atoms with van der Waals surface area (Å²) in [6.07, 6.45) is 5.44. The fourth-order valence-electron chi connectivity index (χ4n) is 0.631. The van der Waals surface area contributed by atoms with Crippen LogP contribution in [-0.4, -0.2) is 11.7 Å². The summed E-state index contributed by atoms with van der Waals surface area (Å²) >= 11 is 0. The number of nitrogens with zero attached hydrogens (tertiary/aromatic N) is 2. The van der Waals surface area contributed by atoms with E-state index in [1.54, 1.807) is 0 Å². The van der Waals surface area contributed by atoms with Gasteiger partial charge >= 0.3 is 0 Å². The lowest BCUT2D eigenvalue weighted by molar-refractivity contribution is 0.494. The third kappa shape index (κ3) is 7.12. The highest BCUT2D eigenvalue weighted by Crippen LogP contribution is 2.00. The minimum absolute atomic E-state index is 0.580. The van der Waals surface area contributed by atoms with Crippen LogP contribution < -0.4 is 5.73 Å². The lowest BCUT2D eigenvalue weighted by Gasteiger charge is -2.11. The predicted molar refractivity (Wildman–Crippen MR) is 60.1 cm³/mol. The molecular formula is C10H21N3. The molecule has 3 nitrogen and oxygen atoms in total. The van der Waals surface area contributed by atoms with Gasteiger partial charge < -0.3 is 5.73 Å². The number of rotatable bonds is 5. The SMILES string of the molecule is C=CN(N=C)/C(N)=C/CCC.CC. The zero-order chi connectivity index (χ0) is 10.7. The van der Waals surface area contributed by atoms with E-state index in [-0.39, 0.29) is 0 Å². The molecule has 0 aromatic carbocycles. The fraction of sp³-hybridized carbons (Fsp3) is 0.500. The van der Waals surface area contributed by atoms with E-state index in [2.05, 4.69) is 25.3 Å². The quantitative estimate of drug-likeness (QED) is 0.526. The maximum absolute atomic E-state index is 5.61. The minimum atomic E-state index is 0.580. The normalized spacial score (nSPS) is 9.62. The maximum atomic E-state index is 5.61. The van der Waals surface area contributed by atoms with E-state index in [0.717, 1.165) is 12.8 Å². The van der Waals surface area contributed by atoms with Crippen LogP contribution in [0.25, 0.3) is 0 Å². The molecule has 0 atom stereocenters. The average molecular weight is 183 g/mol. The van der Waals surface area contributed by atoms with Crippen molar-refractivity contribution in [3.05, 3.63) is 24.7 Å². The Morgan fingerprint density at radius 3 is 2.38 bits per heavy atom. The van der Waals surface area contributed by atoms with Gasteiger partial charge in [0.1, 0.15) is 5.82 Å². The Labute approximate surface area is 81.6 Å². The first-order valence-electron chi connectivity index (χ1n) is 4.60. The van der Waals surface area contributed by atoms with Crippen molar-refractivity contribution in [2.45, 2.75) is 33.6 Å². The van der Waals surface area contributed by atoms with Crippen LogP contribution in [0.1, 0.15) is 33.6 Å². The van der Waals surface area contributed by atoms with Gasteiger partial charge in [-0.3, -0.25) is 0 Å². The lowest BCUT2D eigenvalue weighted by Crippen LogP contribution is -2.15. The molecule has 0 heterocycles. The van der Waals surface area contributed by atoms with Crippen LogP contribution in [0.3, 0.4) is 0 Å². The third-order valence-electron chi connectivity index (χ3n) is 1.23. The lowest BCUT2D eigenvalue weighted by atomic mass is 10.3. The van der Waals surface area contributed by atoms with Crippen molar-refractivity contribution >= 4 is 6.72 Å². The van der Waals surface area contributed by atoms with E-state index in [4.69, 9.17) is 5.73 Å². The van der Waals surface area contributed by atoms with E-state index in [1.165, 1.54) is 11.2 Å². The second kappa shape index (κ2) is 10.8. The number of nitrogens with two attached hydrogens (primary N) is 1. The molecule has 0 aromatic heterocycles. The van der Waals surface area contributed by atoms with Crippen molar-refractivity contribution in [1.82, 2.24) is 5.01 Å². The van der Waals surface area contributed by atoms with Gasteiger partial charge in [0.2, 0.25) is 0 Å². The van der Waals surface area contributed by atoms with Gasteiger partial charge in [-0.1, -0.05) is 33.8 Å². The van der Waals surface area contributed by atoms with Crippen LogP contribution in [-0.2, 0) is 0 Å². The molecule has 3 heteroatoms. The molecule has 0 aliphatic rings. The smallest absolute Gasteiger partial charge is 0.120 e. The predicted octanol–water partition coefficient (Wildman–Crippen LogP) is 2.67. The van der Waals surface area contributed by atoms with Gasteiger partial charge in [0, 0.05) is 12.9 Å². The molecule has 0 aromatic rings. The summed E-state index contributed by atoms with van der Waals surface area (Å²) < 4.78 is 0. The highest BCUT2D eigenvalue weighted by atomic mass is 15.5. The second-order valence-electron chi connectivity index (χ2n) is 2.09. The summed E-state index contributed by atoms with van der Waals surface area (Å²) in [5.74, 6) is 0.580. The van der Waals surface area contributed by atoms with E-state index in [9.17, 15) is 0 Å². The first-order chi connectivity index (χ1) is 6.26. The van der Waals surface area contributed by atoms with Crippen LogP contribution in [0.2, 0.25) is 0 Å². The van der Waals surface area contributed by atoms with Crippen molar-refractivity contribution in [2.24, 2.45) is 10.8 Å². The number of unbranched alkanes of at least 4 members (excludes halogenated alkanes) is 1. The summed E-state index contributed by atoms with van der Waals surface area (Å²) in [5.41, 5.74) is 5.61. The Hall–Kier alpha value is -1.25. The van der Waals surface area contributed by atoms with Crippen molar-refractivity contribution in [3.63, 3.8) is 0 Å². The van der Waals surface area contributed by atoms with Crippen LogP contribution in [0.4, 0.5) is 0 Å². The van der Waals surface area contributed by atoms with Crippen LogP contribution in [0.5, 0.6) is 0 Å². The molecule has 76 valence electrons. The molecule has 0 aliphatic carbocycles. The van der Waals surface area contributed by atoms with Crippen molar-refractivity contribution < 1.29 is 0 Å². The van der Waals surface area contributed by atoms with Crippen LogP contribution in [0, 0.1) is 0 Å². The van der Waals surface area contributed by atoms with Crippen LogP contribution in [0.15, 0.2) is 29.8 Å². The van der Waals surface area contributed by atoms with E-state index in [0.29, 0.717) is 5.82 Å². The number of hydrazone groups is 1. The molecule has 0 saturated carbocycles. The van der Waals surface area contributed by atoms with Gasteiger partial charge in [-0.2, -0.15) is 5.10 Å². The molecule has 0 bridgehead atoms. The van der Waals surface area contributed by atoms with Crippen LogP contribution >= 0.6 is 0 Å². The summed E-state index contributed by atoms with van der Waals surface area (Å²) in [5, 5.41) is 5.07. The summed E-state index contributed by atoms with van der Waals surface area (Å²) in [4.78, 5) is 0. The Morgan fingerprint density at radius 1 is 1.54 bits per heavy atom. The standard InChI is InChI=1S/C8H15N3.C2H6/c1-4-6-7-8(9)11(5-2)10-3;1-2/h5,7H,2-4,6,9H2,1H3;1-2H3/b8-7+;. The molecule has 0 spiro atoms. The molecule has 0 amide bonds. The average Bonchev–Trinajstić information content (AvgIpc) is 2.19. The molecule has 0 fully saturated rings. The molecule has 0 aliphatic heterocycles. The van der Waals surface area contributed by atoms with Gasteiger partial charge in [-0.25, -0.2) is 5.01 Å². The molecule has 0 radical (unpaired) electrons. The highest BCUT2D eigenvalue weighted by molar-refractivity contribution is 5.23. The molecule has 2 N–H and O–H groups in total. The number of hydrogen-bond donors (Lipinski definition) is 1. The van der Waals surface area contributed by atoms with Gasteiger partial charge in [0.05, 0.1) is 0 Å². The molecule has 13 heavy (non-hydrogen) atoms. The summed E-state index contributed by atoms with van der Waals surface area (Å²) in [6.45, 7) is 13.0. The Bertz CT molecular complexity index is 154. The van der Waals surface area contributed by atoms with E-state index in [1.807, 2.05) is 19.9 Å². The molecule has 0 saturated heterocycles. The Morgan fingerprint density at radius 2 is 2.08 bits per heavy atom. The van der Waals surface area contributed by atoms with Gasteiger partial charge in [0.15, 0.2) is 0 Å². The zero-order valence-corrected chi connectivity index (χ0v) is 8.95. The topological polar surface area (TPSA) is 41.6 Å². The molecule has 0 rings (SSSR count). The van der Waals surface area contributed by atoms with Crippen molar-refractivity contribution in [3.8, 4) is 0 Å². The number of hydrogen-bond acceptors (Lipinski definition) is 3. The molecular weight excluding hydrogens is 162 g/mol. The minimum Gasteiger partial charge on any atom is -0.384 e. The van der Waals surface area contributed by atoms with Crippen molar-refractivity contribution in [2.75, 3.05) is 0 Å². The second-order valence-corrected chi connectivity index (χ2v) is 2.09. The monoisotopic (exact) mass is 183 g/mol. The van der Waals surface area contributed by atoms with Crippen molar-refractivity contribution in [1.29, 1.82) is 0 Å². The largest absolute Gasteiger partial charge is 0.384 e. The summed E-state index contributed by atoms with van der Waals surface area (Å²) in [7, 11) is 0. The fourth-order valence-corrected chi connectivity index (χ4v) is 0.631. The maximum Gasteiger partial charge on any atom is 0.120 e. The first kappa shape index (κ1) is 14.3. The molecule has 0 unspecified atom stereocenters. The third-order valence-corrected chi connectivity index (χ3v) is 1.23.